The Kier molecular flexibility index (Phi) is 5.27. The Balaban J connectivity index is 1.89. The summed E-state index contributed by atoms with van der Waals surface area (Å²) in [5.41, 5.74) is 3.28. The third-order valence-electron chi connectivity index (χ3n) is 5.11. The van der Waals surface area contributed by atoms with Crippen LogP contribution in [-0.4, -0.2) is 38.1 Å². The molecule has 7 heteroatoms. The first-order chi connectivity index (χ1) is 12.3. The summed E-state index contributed by atoms with van der Waals surface area (Å²) in [7, 11) is 0. The van der Waals surface area contributed by atoms with Gasteiger partial charge in [-0.3, -0.25) is 9.59 Å². The second-order valence-electron chi connectivity index (χ2n) is 7.14. The number of aryl methyl sites for hydroxylation is 2. The molecule has 0 aliphatic carbocycles. The van der Waals surface area contributed by atoms with Gasteiger partial charge >= 0.3 is 0 Å². The number of nitrogens with zero attached hydrogens (tertiary/aromatic N) is 3. The molecule has 0 bridgehead atoms. The van der Waals surface area contributed by atoms with Crippen molar-refractivity contribution in [2.45, 2.75) is 51.9 Å². The van der Waals surface area contributed by atoms with Crippen LogP contribution >= 0.6 is 11.8 Å². The van der Waals surface area contributed by atoms with Gasteiger partial charge in [-0.2, -0.15) is 0 Å². The Hall–Kier alpha value is -2.02. The molecule has 26 heavy (non-hydrogen) atoms. The molecule has 6 nitrogen and oxygen atoms in total. The molecule has 0 spiro atoms. The predicted molar refractivity (Wildman–Crippen MR) is 104 cm³/mol. The third-order valence-corrected chi connectivity index (χ3v) is 5.69. The number of amides is 1. The highest BCUT2D eigenvalue weighted by Gasteiger charge is 2.34. The third kappa shape index (κ3) is 3.32. The second kappa shape index (κ2) is 7.31. The lowest BCUT2D eigenvalue weighted by molar-refractivity contribution is -0.135. The van der Waals surface area contributed by atoms with Crippen LogP contribution in [0.2, 0.25) is 0 Å². The van der Waals surface area contributed by atoms with Crippen LogP contribution in [0, 0.1) is 19.8 Å². The van der Waals surface area contributed by atoms with Crippen LogP contribution in [0.15, 0.2) is 22.1 Å². The van der Waals surface area contributed by atoms with Crippen molar-refractivity contribution < 1.29 is 4.79 Å². The lowest BCUT2D eigenvalue weighted by Gasteiger charge is -2.40. The monoisotopic (exact) mass is 374 g/mol. The van der Waals surface area contributed by atoms with Gasteiger partial charge in [-0.1, -0.05) is 25.6 Å². The van der Waals surface area contributed by atoms with E-state index in [0.29, 0.717) is 28.9 Å². The number of aromatic nitrogens is 3. The Morgan fingerprint density at radius 2 is 2.08 bits per heavy atom. The minimum atomic E-state index is -0.215. The molecule has 0 saturated carbocycles. The van der Waals surface area contributed by atoms with Gasteiger partial charge in [-0.05, 0) is 38.2 Å². The van der Waals surface area contributed by atoms with Gasteiger partial charge in [0, 0.05) is 35.7 Å². The van der Waals surface area contributed by atoms with E-state index in [2.05, 4.69) is 47.4 Å². The first kappa shape index (κ1) is 18.8. The average molecular weight is 375 g/mol. The highest BCUT2D eigenvalue weighted by atomic mass is 32.2. The standard InChI is InChI=1S/C19H26N4O2S/c1-11(2)17-15-7-6-12(3)22(15)8-9-23(17)16(24)10-14-13(4)20-19(26-5)21-18(14)25/h6-7,11,17H,8-10H2,1-5H3,(H,20,21,25)/t17-/m1/s1. The highest BCUT2D eigenvalue weighted by Crippen LogP contribution is 2.33. The van der Waals surface area contributed by atoms with Gasteiger partial charge in [0.15, 0.2) is 5.16 Å². The molecule has 1 amide bonds. The molecule has 1 N–H and O–H groups in total. The first-order valence-corrected chi connectivity index (χ1v) is 10.1. The van der Waals surface area contributed by atoms with Crippen LogP contribution in [0.4, 0.5) is 0 Å². The molecule has 2 aromatic rings. The number of carbonyl (C=O) groups excluding carboxylic acids is 1. The van der Waals surface area contributed by atoms with Crippen molar-refractivity contribution in [3.8, 4) is 0 Å². The summed E-state index contributed by atoms with van der Waals surface area (Å²) in [6.45, 7) is 9.62. The fourth-order valence-electron chi connectivity index (χ4n) is 3.78. The van der Waals surface area contributed by atoms with E-state index in [9.17, 15) is 9.59 Å². The number of thioether (sulfide) groups is 1. The molecule has 1 aliphatic heterocycles. The summed E-state index contributed by atoms with van der Waals surface area (Å²) < 4.78 is 2.29. The van der Waals surface area contributed by atoms with Gasteiger partial charge in [0.2, 0.25) is 5.91 Å². The van der Waals surface area contributed by atoms with E-state index in [1.807, 2.05) is 11.2 Å². The minimum Gasteiger partial charge on any atom is -0.345 e. The number of aromatic amines is 1. The van der Waals surface area contributed by atoms with E-state index in [1.165, 1.54) is 23.1 Å². The summed E-state index contributed by atoms with van der Waals surface area (Å²) in [6.07, 6.45) is 1.95. The maximum Gasteiger partial charge on any atom is 0.255 e. The zero-order chi connectivity index (χ0) is 19.0. The quantitative estimate of drug-likeness (QED) is 0.660. The molecule has 0 radical (unpaired) electrons. The SMILES string of the molecule is CSc1nc(C)c(CC(=O)N2CCn3c(C)ccc3[C@H]2C(C)C)c(=O)[nH]1. The number of nitrogens with one attached hydrogen (secondary N) is 1. The molecule has 1 aliphatic rings. The van der Waals surface area contributed by atoms with Crippen LogP contribution in [-0.2, 0) is 17.8 Å². The van der Waals surface area contributed by atoms with Crippen molar-refractivity contribution in [2.75, 3.05) is 12.8 Å². The molecule has 0 unspecified atom stereocenters. The van der Waals surface area contributed by atoms with E-state index in [0.717, 1.165) is 6.54 Å². The molecule has 3 heterocycles. The predicted octanol–water partition coefficient (Wildman–Crippen LogP) is 2.69. The summed E-state index contributed by atoms with van der Waals surface area (Å²) in [5, 5.41) is 0.579. The molecule has 0 aromatic carbocycles. The Morgan fingerprint density at radius 1 is 1.35 bits per heavy atom. The Morgan fingerprint density at radius 3 is 2.69 bits per heavy atom. The molecular formula is C19H26N4O2S. The van der Waals surface area contributed by atoms with Crippen molar-refractivity contribution in [3.63, 3.8) is 0 Å². The van der Waals surface area contributed by atoms with Crippen LogP contribution < -0.4 is 5.56 Å². The zero-order valence-corrected chi connectivity index (χ0v) is 16.8. The smallest absolute Gasteiger partial charge is 0.255 e. The summed E-state index contributed by atoms with van der Waals surface area (Å²) in [5.74, 6) is 0.282. The fourth-order valence-corrected chi connectivity index (χ4v) is 4.21. The number of fused-ring (bicyclic) bond motifs is 1. The summed E-state index contributed by atoms with van der Waals surface area (Å²) >= 11 is 1.39. The van der Waals surface area contributed by atoms with E-state index < -0.39 is 0 Å². The van der Waals surface area contributed by atoms with Gasteiger partial charge in [0.25, 0.3) is 5.56 Å². The van der Waals surface area contributed by atoms with Crippen LogP contribution in [0.3, 0.4) is 0 Å². The molecule has 1 atom stereocenters. The number of H-pyrrole nitrogens is 1. The molecule has 0 fully saturated rings. The van der Waals surface area contributed by atoms with Gasteiger partial charge in [-0.25, -0.2) is 4.98 Å². The lowest BCUT2D eigenvalue weighted by Crippen LogP contribution is -2.45. The van der Waals surface area contributed by atoms with Gasteiger partial charge < -0.3 is 14.5 Å². The number of hydrogen-bond donors (Lipinski definition) is 1. The van der Waals surface area contributed by atoms with Gasteiger partial charge in [0.1, 0.15) is 0 Å². The lowest BCUT2D eigenvalue weighted by atomic mass is 9.96. The van der Waals surface area contributed by atoms with Crippen LogP contribution in [0.1, 0.15) is 42.5 Å². The normalized spacial score (nSPS) is 16.8. The fraction of sp³-hybridized carbons (Fsp3) is 0.526. The van der Waals surface area contributed by atoms with Crippen molar-refractivity contribution >= 4 is 17.7 Å². The Labute approximate surface area is 158 Å². The van der Waals surface area contributed by atoms with Crippen LogP contribution in [0.25, 0.3) is 0 Å². The maximum atomic E-state index is 13.1. The van der Waals surface area contributed by atoms with E-state index in [-0.39, 0.29) is 23.9 Å². The summed E-state index contributed by atoms with van der Waals surface area (Å²) in [4.78, 5) is 34.5. The topological polar surface area (TPSA) is 71.0 Å². The molecular weight excluding hydrogens is 348 g/mol. The van der Waals surface area contributed by atoms with Crippen molar-refractivity contribution in [3.05, 3.63) is 45.1 Å². The van der Waals surface area contributed by atoms with Crippen molar-refractivity contribution in [1.82, 2.24) is 19.4 Å². The Bertz CT molecular complexity index is 884. The highest BCUT2D eigenvalue weighted by molar-refractivity contribution is 7.98. The van der Waals surface area contributed by atoms with E-state index in [1.54, 1.807) is 6.92 Å². The molecule has 140 valence electrons. The van der Waals surface area contributed by atoms with Crippen molar-refractivity contribution in [2.24, 2.45) is 5.92 Å². The first-order valence-electron chi connectivity index (χ1n) is 8.92. The largest absolute Gasteiger partial charge is 0.345 e. The molecule has 2 aromatic heterocycles. The van der Waals surface area contributed by atoms with Gasteiger partial charge in [0.05, 0.1) is 12.5 Å². The van der Waals surface area contributed by atoms with Gasteiger partial charge in [-0.15, -0.1) is 0 Å². The zero-order valence-electron chi connectivity index (χ0n) is 16.0. The molecule has 0 saturated heterocycles. The average Bonchev–Trinajstić information content (AvgIpc) is 2.97. The van der Waals surface area contributed by atoms with E-state index in [4.69, 9.17) is 0 Å². The minimum absolute atomic E-state index is 0.0129. The van der Waals surface area contributed by atoms with Crippen molar-refractivity contribution in [1.29, 1.82) is 0 Å². The second-order valence-corrected chi connectivity index (χ2v) is 7.94. The number of hydrogen-bond acceptors (Lipinski definition) is 4. The van der Waals surface area contributed by atoms with Crippen LogP contribution in [0.5, 0.6) is 0 Å². The summed E-state index contributed by atoms with van der Waals surface area (Å²) in [6, 6.07) is 4.26. The number of carbonyl (C=O) groups is 1. The molecule has 3 rings (SSSR count). The number of rotatable bonds is 4. The van der Waals surface area contributed by atoms with E-state index >= 15 is 0 Å². The maximum absolute atomic E-state index is 13.1.